The van der Waals surface area contributed by atoms with Crippen molar-refractivity contribution in [3.05, 3.63) is 24.5 Å². The maximum absolute atomic E-state index is 11.9. The molecule has 0 N–H and O–H groups in total. The predicted molar refractivity (Wildman–Crippen MR) is 150 cm³/mol. The number of allylic oxidation sites excluding steroid dienone is 2. The number of ether oxygens (including phenoxy) is 3. The predicted octanol–water partition coefficient (Wildman–Crippen LogP) is 8.96. The summed E-state index contributed by atoms with van der Waals surface area (Å²) >= 11 is 0. The summed E-state index contributed by atoms with van der Waals surface area (Å²) in [6.45, 7) is 17.0. The number of hydrogen-bond donors (Lipinski definition) is 0. The van der Waals surface area contributed by atoms with Gasteiger partial charge < -0.3 is 14.2 Å². The summed E-state index contributed by atoms with van der Waals surface area (Å²) < 4.78 is 15.5. The SMILES string of the molecule is C=COCCOC(=O)OCC1CC[C@@]2(C)C(=CCC3C2CC[C@@]2(C)C3CC[C@@H]2[C@H](C)CCCC(C)C)C1. The van der Waals surface area contributed by atoms with Crippen molar-refractivity contribution in [1.29, 1.82) is 0 Å². The van der Waals surface area contributed by atoms with E-state index < -0.39 is 6.16 Å². The molecule has 0 amide bonds. The molecule has 0 aliphatic heterocycles. The van der Waals surface area contributed by atoms with Crippen molar-refractivity contribution in [2.45, 2.75) is 105 Å². The summed E-state index contributed by atoms with van der Waals surface area (Å²) in [6, 6.07) is 0. The molecule has 0 bridgehead atoms. The van der Waals surface area contributed by atoms with E-state index in [2.05, 4.69) is 47.3 Å². The molecule has 3 saturated carbocycles. The lowest BCUT2D eigenvalue weighted by molar-refractivity contribution is -0.0549. The molecule has 0 aromatic carbocycles. The van der Waals surface area contributed by atoms with Gasteiger partial charge in [-0.2, -0.15) is 0 Å². The fourth-order valence-corrected chi connectivity index (χ4v) is 9.39. The summed E-state index contributed by atoms with van der Waals surface area (Å²) in [5, 5.41) is 0. The second-order valence-corrected chi connectivity index (χ2v) is 13.8. The molecular weight excluding hydrogens is 460 g/mol. The van der Waals surface area contributed by atoms with Crippen LogP contribution in [0.5, 0.6) is 0 Å². The Morgan fingerprint density at radius 3 is 2.62 bits per heavy atom. The Kier molecular flexibility index (Phi) is 9.39. The summed E-state index contributed by atoms with van der Waals surface area (Å²) in [6.07, 6.45) is 18.0. The maximum atomic E-state index is 11.9. The van der Waals surface area contributed by atoms with Crippen molar-refractivity contribution in [3.8, 4) is 0 Å². The van der Waals surface area contributed by atoms with E-state index in [1.807, 2.05) is 0 Å². The second-order valence-electron chi connectivity index (χ2n) is 13.8. The first kappa shape index (κ1) is 28.6. The van der Waals surface area contributed by atoms with Crippen molar-refractivity contribution in [1.82, 2.24) is 0 Å². The van der Waals surface area contributed by atoms with Gasteiger partial charge in [-0.25, -0.2) is 4.79 Å². The standard InChI is InChI=1S/C33H54O4/c1-7-35-19-20-36-31(34)37-22-25-15-17-32(5)26(21-25)11-12-27-29-14-13-28(24(4)10-8-9-23(2)3)33(29,6)18-16-30(27)32/h7,11,23-25,27-30H,1,8-10,12-22H2,2-6H3/t24-,25?,27?,28-,29?,30?,32+,33-/m1/s1. The third kappa shape index (κ3) is 6.09. The summed E-state index contributed by atoms with van der Waals surface area (Å²) in [5.74, 6) is 5.62. The van der Waals surface area contributed by atoms with E-state index >= 15 is 0 Å². The largest absolute Gasteiger partial charge is 0.508 e. The molecule has 8 atom stereocenters. The number of carbonyl (C=O) groups excluding carboxylic acids is 1. The van der Waals surface area contributed by atoms with Crippen molar-refractivity contribution in [2.24, 2.45) is 52.3 Å². The van der Waals surface area contributed by atoms with E-state index in [-0.39, 0.29) is 6.61 Å². The first-order valence-corrected chi connectivity index (χ1v) is 15.4. The first-order valence-electron chi connectivity index (χ1n) is 15.4. The maximum Gasteiger partial charge on any atom is 0.508 e. The monoisotopic (exact) mass is 514 g/mol. The van der Waals surface area contributed by atoms with Crippen LogP contribution in [0.1, 0.15) is 105 Å². The van der Waals surface area contributed by atoms with E-state index in [0.29, 0.717) is 30.0 Å². The average Bonchev–Trinajstić information content (AvgIpc) is 3.22. The molecule has 0 saturated heterocycles. The van der Waals surface area contributed by atoms with Crippen LogP contribution < -0.4 is 0 Å². The average molecular weight is 515 g/mol. The topological polar surface area (TPSA) is 44.8 Å². The fourth-order valence-electron chi connectivity index (χ4n) is 9.39. The number of rotatable bonds is 11. The third-order valence-electron chi connectivity index (χ3n) is 11.4. The molecule has 4 aliphatic rings. The molecule has 4 nitrogen and oxygen atoms in total. The molecule has 4 aliphatic carbocycles. The van der Waals surface area contributed by atoms with Crippen LogP contribution in [0.4, 0.5) is 4.79 Å². The minimum absolute atomic E-state index is 0.194. The zero-order valence-corrected chi connectivity index (χ0v) is 24.4. The Hall–Kier alpha value is -1.45. The van der Waals surface area contributed by atoms with Crippen LogP contribution in [0.3, 0.4) is 0 Å². The van der Waals surface area contributed by atoms with Crippen LogP contribution >= 0.6 is 0 Å². The van der Waals surface area contributed by atoms with Gasteiger partial charge in [0.1, 0.15) is 13.2 Å². The molecule has 0 aromatic rings. The number of hydrogen-bond acceptors (Lipinski definition) is 4. The van der Waals surface area contributed by atoms with Gasteiger partial charge in [-0.15, -0.1) is 0 Å². The highest BCUT2D eigenvalue weighted by Gasteiger charge is 2.59. The minimum atomic E-state index is -0.584. The number of fused-ring (bicyclic) bond motifs is 5. The van der Waals surface area contributed by atoms with Gasteiger partial charge in [0.05, 0.1) is 12.9 Å². The van der Waals surface area contributed by atoms with Gasteiger partial charge in [-0.05, 0) is 104 Å². The lowest BCUT2D eigenvalue weighted by Gasteiger charge is -2.58. The molecule has 4 rings (SSSR count). The number of carbonyl (C=O) groups is 1. The second kappa shape index (κ2) is 12.2. The van der Waals surface area contributed by atoms with Gasteiger partial charge in [0.15, 0.2) is 0 Å². The Labute approximate surface area is 227 Å². The van der Waals surface area contributed by atoms with E-state index in [1.165, 1.54) is 64.0 Å². The molecule has 0 radical (unpaired) electrons. The van der Waals surface area contributed by atoms with Crippen LogP contribution in [-0.2, 0) is 14.2 Å². The van der Waals surface area contributed by atoms with E-state index in [1.54, 1.807) is 5.57 Å². The molecule has 37 heavy (non-hydrogen) atoms. The van der Waals surface area contributed by atoms with Gasteiger partial charge in [0.25, 0.3) is 0 Å². The van der Waals surface area contributed by atoms with E-state index in [4.69, 9.17) is 14.2 Å². The van der Waals surface area contributed by atoms with Crippen LogP contribution in [0.2, 0.25) is 0 Å². The van der Waals surface area contributed by atoms with Gasteiger partial charge in [0, 0.05) is 0 Å². The lowest BCUT2D eigenvalue weighted by Crippen LogP contribution is -2.50. The van der Waals surface area contributed by atoms with Gasteiger partial charge in [-0.3, -0.25) is 0 Å². The van der Waals surface area contributed by atoms with Crippen LogP contribution in [-0.4, -0.2) is 26.0 Å². The molecule has 210 valence electrons. The first-order chi connectivity index (χ1) is 17.7. The van der Waals surface area contributed by atoms with Crippen molar-refractivity contribution >= 4 is 6.16 Å². The van der Waals surface area contributed by atoms with Crippen molar-refractivity contribution in [3.63, 3.8) is 0 Å². The zero-order chi connectivity index (χ0) is 26.6. The third-order valence-corrected chi connectivity index (χ3v) is 11.4. The van der Waals surface area contributed by atoms with Gasteiger partial charge in [-0.1, -0.05) is 72.1 Å². The van der Waals surface area contributed by atoms with E-state index in [9.17, 15) is 4.79 Å². The molecule has 0 aromatic heterocycles. The normalized spacial score (nSPS) is 37.6. The smallest absolute Gasteiger partial charge is 0.498 e. The molecule has 0 heterocycles. The zero-order valence-electron chi connectivity index (χ0n) is 24.4. The fraction of sp³-hybridized carbons (Fsp3) is 0.848. The van der Waals surface area contributed by atoms with Gasteiger partial charge in [0.2, 0.25) is 0 Å². The van der Waals surface area contributed by atoms with Crippen molar-refractivity contribution in [2.75, 3.05) is 19.8 Å². The van der Waals surface area contributed by atoms with Gasteiger partial charge >= 0.3 is 6.16 Å². The summed E-state index contributed by atoms with van der Waals surface area (Å²) in [7, 11) is 0. The van der Waals surface area contributed by atoms with Crippen molar-refractivity contribution < 1.29 is 19.0 Å². The highest BCUT2D eigenvalue weighted by atomic mass is 16.7. The van der Waals surface area contributed by atoms with Crippen LogP contribution in [0.15, 0.2) is 24.5 Å². The molecule has 4 heteroatoms. The Morgan fingerprint density at radius 2 is 1.86 bits per heavy atom. The minimum Gasteiger partial charge on any atom is -0.498 e. The van der Waals surface area contributed by atoms with Crippen LogP contribution in [0, 0.1) is 52.3 Å². The highest BCUT2D eigenvalue weighted by Crippen LogP contribution is 2.67. The molecule has 0 spiro atoms. The summed E-state index contributed by atoms with van der Waals surface area (Å²) in [4.78, 5) is 11.9. The lowest BCUT2D eigenvalue weighted by atomic mass is 9.46. The van der Waals surface area contributed by atoms with E-state index in [0.717, 1.165) is 48.3 Å². The molecule has 4 unspecified atom stereocenters. The Morgan fingerprint density at radius 1 is 1.05 bits per heavy atom. The molecule has 3 fully saturated rings. The van der Waals surface area contributed by atoms with Crippen LogP contribution in [0.25, 0.3) is 0 Å². The Balaban J connectivity index is 1.33. The molecular formula is C33H54O4. The highest BCUT2D eigenvalue weighted by molar-refractivity contribution is 5.59. The summed E-state index contributed by atoms with van der Waals surface area (Å²) in [5.41, 5.74) is 2.54. The quantitative estimate of drug-likeness (QED) is 0.119. The Bertz CT molecular complexity index is 817.